The van der Waals surface area contributed by atoms with Crippen molar-refractivity contribution in [3.05, 3.63) is 47.2 Å². The second-order valence-electron chi connectivity index (χ2n) is 4.55. The zero-order chi connectivity index (χ0) is 14.8. The summed E-state index contributed by atoms with van der Waals surface area (Å²) in [7, 11) is 0. The molecule has 0 radical (unpaired) electrons. The first-order valence-corrected chi connectivity index (χ1v) is 6.89. The molecule has 0 bridgehead atoms. The molecule has 0 unspecified atom stereocenters. The smallest absolute Gasteiger partial charge is 0.259 e. The van der Waals surface area contributed by atoms with Crippen molar-refractivity contribution in [1.29, 1.82) is 0 Å². The van der Waals surface area contributed by atoms with Crippen LogP contribution in [0.3, 0.4) is 0 Å². The molecule has 0 spiro atoms. The van der Waals surface area contributed by atoms with Gasteiger partial charge in [0.25, 0.3) is 5.89 Å². The number of aryl methyl sites for hydroxylation is 1. The van der Waals surface area contributed by atoms with Crippen LogP contribution in [0, 0.1) is 0 Å². The molecule has 0 aliphatic heterocycles. The van der Waals surface area contributed by atoms with Crippen molar-refractivity contribution in [2.45, 2.75) is 13.3 Å². The zero-order valence-electron chi connectivity index (χ0n) is 11.4. The standard InChI is InChI=1S/C15H13ClN4O/c1-2-9-8-18-6-5-11(9)14-19-15(21-20-14)12-4-3-10(17)7-13(12)16/h3-8H,2,17H2,1H3. The van der Waals surface area contributed by atoms with Gasteiger partial charge in [-0.05, 0) is 36.2 Å². The molecule has 5 nitrogen and oxygen atoms in total. The number of nitrogens with two attached hydrogens (primary N) is 1. The van der Waals surface area contributed by atoms with Gasteiger partial charge in [0.15, 0.2) is 0 Å². The molecule has 21 heavy (non-hydrogen) atoms. The van der Waals surface area contributed by atoms with E-state index in [1.54, 1.807) is 24.4 Å². The summed E-state index contributed by atoms with van der Waals surface area (Å²) in [5.74, 6) is 0.894. The maximum atomic E-state index is 6.16. The lowest BCUT2D eigenvalue weighted by Gasteiger charge is -2.01. The van der Waals surface area contributed by atoms with Crippen molar-refractivity contribution in [3.8, 4) is 22.8 Å². The monoisotopic (exact) mass is 300 g/mol. The number of halogens is 1. The van der Waals surface area contributed by atoms with E-state index in [1.165, 1.54) is 0 Å². The molecular weight excluding hydrogens is 288 g/mol. The maximum Gasteiger partial charge on any atom is 0.259 e. The van der Waals surface area contributed by atoms with Crippen LogP contribution in [0.2, 0.25) is 5.02 Å². The van der Waals surface area contributed by atoms with Gasteiger partial charge in [-0.15, -0.1) is 0 Å². The van der Waals surface area contributed by atoms with Crippen molar-refractivity contribution in [1.82, 2.24) is 15.1 Å². The Morgan fingerprint density at radius 1 is 1.24 bits per heavy atom. The van der Waals surface area contributed by atoms with Crippen LogP contribution in [0.5, 0.6) is 0 Å². The Bertz CT molecular complexity index is 785. The molecule has 0 saturated heterocycles. The summed E-state index contributed by atoms with van der Waals surface area (Å²) in [6, 6.07) is 7.04. The minimum atomic E-state index is 0.369. The van der Waals surface area contributed by atoms with E-state index in [9.17, 15) is 0 Å². The van der Waals surface area contributed by atoms with E-state index >= 15 is 0 Å². The fraction of sp³-hybridized carbons (Fsp3) is 0.133. The van der Waals surface area contributed by atoms with E-state index < -0.39 is 0 Å². The summed E-state index contributed by atoms with van der Waals surface area (Å²) in [6.07, 6.45) is 4.36. The Morgan fingerprint density at radius 2 is 2.10 bits per heavy atom. The average molecular weight is 301 g/mol. The highest BCUT2D eigenvalue weighted by Gasteiger charge is 2.15. The van der Waals surface area contributed by atoms with E-state index in [2.05, 4.69) is 22.0 Å². The van der Waals surface area contributed by atoms with Gasteiger partial charge in [0.05, 0.1) is 10.6 Å². The summed E-state index contributed by atoms with van der Waals surface area (Å²) in [5.41, 5.74) is 8.91. The van der Waals surface area contributed by atoms with Gasteiger partial charge < -0.3 is 10.3 Å². The Kier molecular flexibility index (Phi) is 3.58. The highest BCUT2D eigenvalue weighted by atomic mass is 35.5. The second kappa shape index (κ2) is 5.54. The SMILES string of the molecule is CCc1cnccc1-c1noc(-c2ccc(N)cc2Cl)n1. The molecule has 3 rings (SSSR count). The lowest BCUT2D eigenvalue weighted by molar-refractivity contribution is 0.432. The van der Waals surface area contributed by atoms with Gasteiger partial charge in [-0.2, -0.15) is 4.98 Å². The van der Waals surface area contributed by atoms with Crippen molar-refractivity contribution in [2.24, 2.45) is 0 Å². The fourth-order valence-electron chi connectivity index (χ4n) is 2.07. The first-order valence-electron chi connectivity index (χ1n) is 6.51. The number of benzene rings is 1. The van der Waals surface area contributed by atoms with Crippen LogP contribution in [-0.4, -0.2) is 15.1 Å². The first kappa shape index (κ1) is 13.6. The average Bonchev–Trinajstić information content (AvgIpc) is 2.96. The molecule has 2 aromatic heterocycles. The van der Waals surface area contributed by atoms with E-state index in [1.807, 2.05) is 12.3 Å². The Labute approximate surface area is 126 Å². The highest BCUT2D eigenvalue weighted by molar-refractivity contribution is 6.33. The van der Waals surface area contributed by atoms with Crippen LogP contribution in [0.4, 0.5) is 5.69 Å². The van der Waals surface area contributed by atoms with Gasteiger partial charge in [0, 0.05) is 23.6 Å². The van der Waals surface area contributed by atoms with Crippen molar-refractivity contribution >= 4 is 17.3 Å². The van der Waals surface area contributed by atoms with Crippen LogP contribution >= 0.6 is 11.6 Å². The Hall–Kier alpha value is -2.40. The van der Waals surface area contributed by atoms with E-state index in [0.717, 1.165) is 17.5 Å². The number of anilines is 1. The molecule has 0 saturated carbocycles. The number of hydrogen-bond donors (Lipinski definition) is 1. The lowest BCUT2D eigenvalue weighted by atomic mass is 10.1. The number of aromatic nitrogens is 3. The zero-order valence-corrected chi connectivity index (χ0v) is 12.1. The molecule has 106 valence electrons. The Balaban J connectivity index is 2.04. The van der Waals surface area contributed by atoms with Crippen molar-refractivity contribution < 1.29 is 4.52 Å². The lowest BCUT2D eigenvalue weighted by Crippen LogP contribution is -1.90. The van der Waals surface area contributed by atoms with Crippen LogP contribution in [0.15, 0.2) is 41.2 Å². The molecule has 0 aliphatic rings. The van der Waals surface area contributed by atoms with Gasteiger partial charge >= 0.3 is 0 Å². The molecule has 2 heterocycles. The summed E-state index contributed by atoms with van der Waals surface area (Å²) >= 11 is 6.16. The molecule has 0 atom stereocenters. The van der Waals surface area contributed by atoms with E-state index in [0.29, 0.717) is 28.0 Å². The normalized spacial score (nSPS) is 10.8. The maximum absolute atomic E-state index is 6.16. The molecule has 0 amide bonds. The molecule has 0 fully saturated rings. The van der Waals surface area contributed by atoms with Crippen molar-refractivity contribution in [3.63, 3.8) is 0 Å². The predicted octanol–water partition coefficient (Wildman–Crippen LogP) is 3.60. The van der Waals surface area contributed by atoms with E-state index in [4.69, 9.17) is 21.9 Å². The number of nitrogen functional groups attached to an aromatic ring is 1. The molecular formula is C15H13ClN4O. The molecule has 1 aromatic carbocycles. The van der Waals surface area contributed by atoms with Gasteiger partial charge in [0.1, 0.15) is 0 Å². The third-order valence-corrected chi connectivity index (χ3v) is 3.49. The van der Waals surface area contributed by atoms with Gasteiger partial charge in [-0.1, -0.05) is 23.7 Å². The van der Waals surface area contributed by atoms with Crippen LogP contribution in [0.25, 0.3) is 22.8 Å². The summed E-state index contributed by atoms with van der Waals surface area (Å²) < 4.78 is 5.32. The van der Waals surface area contributed by atoms with Crippen LogP contribution < -0.4 is 5.73 Å². The fourth-order valence-corrected chi connectivity index (χ4v) is 2.34. The largest absolute Gasteiger partial charge is 0.399 e. The summed E-state index contributed by atoms with van der Waals surface area (Å²) in [5, 5.41) is 4.51. The molecule has 3 aromatic rings. The third kappa shape index (κ3) is 2.60. The van der Waals surface area contributed by atoms with E-state index in [-0.39, 0.29) is 0 Å². The molecule has 0 aliphatic carbocycles. The highest BCUT2D eigenvalue weighted by Crippen LogP contribution is 2.30. The number of nitrogens with zero attached hydrogens (tertiary/aromatic N) is 3. The number of rotatable bonds is 3. The van der Waals surface area contributed by atoms with Gasteiger partial charge in [-0.25, -0.2) is 0 Å². The molecule has 6 heteroatoms. The summed E-state index contributed by atoms with van der Waals surface area (Å²) in [4.78, 5) is 8.53. The topological polar surface area (TPSA) is 77.8 Å². The predicted molar refractivity (Wildman–Crippen MR) is 81.8 cm³/mol. The summed E-state index contributed by atoms with van der Waals surface area (Å²) in [6.45, 7) is 2.05. The quantitative estimate of drug-likeness (QED) is 0.748. The first-order chi connectivity index (χ1) is 10.2. The minimum absolute atomic E-state index is 0.369. The van der Waals surface area contributed by atoms with Crippen molar-refractivity contribution in [2.75, 3.05) is 5.73 Å². The second-order valence-corrected chi connectivity index (χ2v) is 4.96. The Morgan fingerprint density at radius 3 is 2.86 bits per heavy atom. The van der Waals surface area contributed by atoms with Crippen LogP contribution in [0.1, 0.15) is 12.5 Å². The van der Waals surface area contributed by atoms with Gasteiger partial charge in [-0.3, -0.25) is 4.98 Å². The van der Waals surface area contributed by atoms with Crippen LogP contribution in [-0.2, 0) is 6.42 Å². The van der Waals surface area contributed by atoms with Gasteiger partial charge in [0.2, 0.25) is 5.82 Å². The third-order valence-electron chi connectivity index (χ3n) is 3.17. The number of hydrogen-bond acceptors (Lipinski definition) is 5. The number of pyridine rings is 1. The minimum Gasteiger partial charge on any atom is -0.399 e. The molecule has 2 N–H and O–H groups in total.